The quantitative estimate of drug-likeness (QED) is 0.406. The van der Waals surface area contributed by atoms with E-state index < -0.39 is 10.1 Å². The van der Waals surface area contributed by atoms with Crippen LogP contribution in [0.3, 0.4) is 0 Å². The highest BCUT2D eigenvalue weighted by Crippen LogP contribution is 2.20. The zero-order chi connectivity index (χ0) is 16.3. The van der Waals surface area contributed by atoms with E-state index >= 15 is 0 Å². The Labute approximate surface area is 136 Å². The molecule has 0 amide bonds. The van der Waals surface area contributed by atoms with Crippen molar-refractivity contribution in [3.63, 3.8) is 0 Å². The zero-order valence-corrected chi connectivity index (χ0v) is 14.9. The van der Waals surface area contributed by atoms with Gasteiger partial charge in [-0.25, -0.2) is 0 Å². The SMILES string of the molecule is CN(CCOCCCCCCOS(C)(=O)=O)C1CC[CH]CC1. The molecule has 0 N–H and O–H groups in total. The maximum Gasteiger partial charge on any atom is 0.264 e. The van der Waals surface area contributed by atoms with Crippen LogP contribution in [0.5, 0.6) is 0 Å². The smallest absolute Gasteiger partial charge is 0.264 e. The van der Waals surface area contributed by atoms with E-state index in [1.807, 2.05) is 0 Å². The Hall–Kier alpha value is -0.170. The lowest BCUT2D eigenvalue weighted by molar-refractivity contribution is 0.0896. The maximum absolute atomic E-state index is 10.8. The molecule has 1 aliphatic rings. The third-order valence-corrected chi connectivity index (χ3v) is 4.69. The predicted octanol–water partition coefficient (Wildman–Crippen LogP) is 2.62. The lowest BCUT2D eigenvalue weighted by atomic mass is 9.94. The molecule has 0 saturated heterocycles. The molecule has 0 spiro atoms. The molecule has 0 bridgehead atoms. The van der Waals surface area contributed by atoms with Crippen LogP contribution in [0.25, 0.3) is 0 Å². The highest BCUT2D eigenvalue weighted by Gasteiger charge is 2.17. The number of hydrogen-bond donors (Lipinski definition) is 0. The summed E-state index contributed by atoms with van der Waals surface area (Å²) in [5.74, 6) is 0. The average molecular weight is 335 g/mol. The molecule has 6 heteroatoms. The molecule has 1 rings (SSSR count). The highest BCUT2D eigenvalue weighted by atomic mass is 32.2. The lowest BCUT2D eigenvalue weighted by Gasteiger charge is -2.30. The Balaban J connectivity index is 1.85. The first kappa shape index (κ1) is 19.9. The number of nitrogens with zero attached hydrogens (tertiary/aromatic N) is 1. The Morgan fingerprint density at radius 2 is 1.68 bits per heavy atom. The van der Waals surface area contributed by atoms with E-state index in [2.05, 4.69) is 18.4 Å². The second-order valence-electron chi connectivity index (χ2n) is 6.13. The van der Waals surface area contributed by atoms with Crippen LogP contribution in [0.2, 0.25) is 0 Å². The number of likely N-dealkylation sites (N-methyl/N-ethyl adjacent to an activating group) is 1. The molecule has 0 unspecified atom stereocenters. The molecule has 131 valence electrons. The zero-order valence-electron chi connectivity index (χ0n) is 14.1. The average Bonchev–Trinajstić information content (AvgIpc) is 2.48. The van der Waals surface area contributed by atoms with Crippen molar-refractivity contribution in [2.75, 3.05) is 39.7 Å². The molecule has 1 saturated carbocycles. The number of ether oxygens (including phenoxy) is 1. The normalized spacial score (nSPS) is 17.2. The minimum atomic E-state index is -3.28. The van der Waals surface area contributed by atoms with Gasteiger partial charge in [-0.1, -0.05) is 12.8 Å². The number of hydrogen-bond acceptors (Lipinski definition) is 5. The van der Waals surface area contributed by atoms with E-state index in [0.717, 1.165) is 57.7 Å². The van der Waals surface area contributed by atoms with Crippen LogP contribution >= 0.6 is 0 Å². The molecular formula is C16H32NO4S. The van der Waals surface area contributed by atoms with Crippen molar-refractivity contribution in [1.82, 2.24) is 4.90 Å². The van der Waals surface area contributed by atoms with Crippen molar-refractivity contribution < 1.29 is 17.3 Å². The fraction of sp³-hybridized carbons (Fsp3) is 0.938. The first-order valence-electron chi connectivity index (χ1n) is 8.43. The van der Waals surface area contributed by atoms with E-state index in [1.54, 1.807) is 0 Å². The molecule has 1 radical (unpaired) electrons. The van der Waals surface area contributed by atoms with Crippen molar-refractivity contribution in [1.29, 1.82) is 0 Å². The second kappa shape index (κ2) is 11.4. The summed E-state index contributed by atoms with van der Waals surface area (Å²) in [4.78, 5) is 2.43. The van der Waals surface area contributed by atoms with Crippen LogP contribution < -0.4 is 0 Å². The van der Waals surface area contributed by atoms with Gasteiger partial charge in [0.05, 0.1) is 19.5 Å². The first-order valence-corrected chi connectivity index (χ1v) is 10.2. The largest absolute Gasteiger partial charge is 0.380 e. The molecule has 0 atom stereocenters. The van der Waals surface area contributed by atoms with Crippen LogP contribution in [0.1, 0.15) is 51.4 Å². The van der Waals surface area contributed by atoms with E-state index in [4.69, 9.17) is 8.92 Å². The van der Waals surface area contributed by atoms with Gasteiger partial charge in [0.1, 0.15) is 0 Å². The molecular weight excluding hydrogens is 302 g/mol. The van der Waals surface area contributed by atoms with Gasteiger partial charge in [-0.15, -0.1) is 0 Å². The van der Waals surface area contributed by atoms with E-state index in [-0.39, 0.29) is 0 Å². The fourth-order valence-corrected chi connectivity index (χ4v) is 3.13. The van der Waals surface area contributed by atoms with E-state index in [1.165, 1.54) is 25.7 Å². The van der Waals surface area contributed by atoms with Gasteiger partial charge in [-0.2, -0.15) is 8.42 Å². The Bertz CT molecular complexity index is 366. The minimum Gasteiger partial charge on any atom is -0.380 e. The Morgan fingerprint density at radius 3 is 2.32 bits per heavy atom. The van der Waals surface area contributed by atoms with Crippen LogP contribution in [0.15, 0.2) is 0 Å². The fourth-order valence-electron chi connectivity index (χ4n) is 2.71. The molecule has 1 fully saturated rings. The number of unbranched alkanes of at least 4 members (excludes halogenated alkanes) is 3. The van der Waals surface area contributed by atoms with Crippen molar-refractivity contribution >= 4 is 10.1 Å². The summed E-state index contributed by atoms with van der Waals surface area (Å²) in [6.45, 7) is 2.89. The van der Waals surface area contributed by atoms with Gasteiger partial charge in [0, 0.05) is 19.2 Å². The van der Waals surface area contributed by atoms with Crippen LogP contribution in [0, 0.1) is 6.42 Å². The number of rotatable bonds is 12. The molecule has 0 aromatic carbocycles. The van der Waals surface area contributed by atoms with Gasteiger partial charge in [-0.3, -0.25) is 4.18 Å². The molecule has 0 aromatic rings. The van der Waals surface area contributed by atoms with Crippen molar-refractivity contribution in [3.8, 4) is 0 Å². The summed E-state index contributed by atoms with van der Waals surface area (Å²) < 4.78 is 31.9. The van der Waals surface area contributed by atoms with Gasteiger partial charge in [0.25, 0.3) is 10.1 Å². The summed E-state index contributed by atoms with van der Waals surface area (Å²) in [6.07, 6.45) is 12.4. The molecule has 0 aliphatic heterocycles. The third-order valence-electron chi connectivity index (χ3n) is 4.10. The minimum absolute atomic E-state index is 0.295. The lowest BCUT2D eigenvalue weighted by Crippen LogP contribution is -2.35. The van der Waals surface area contributed by atoms with Crippen molar-refractivity contribution in [3.05, 3.63) is 6.42 Å². The van der Waals surface area contributed by atoms with Gasteiger partial charge >= 0.3 is 0 Å². The third kappa shape index (κ3) is 10.5. The summed E-state index contributed by atoms with van der Waals surface area (Å²) >= 11 is 0. The summed E-state index contributed by atoms with van der Waals surface area (Å²) in [6, 6.07) is 0.725. The van der Waals surface area contributed by atoms with Crippen LogP contribution in [0.4, 0.5) is 0 Å². The Morgan fingerprint density at radius 1 is 1.05 bits per heavy atom. The highest BCUT2D eigenvalue weighted by molar-refractivity contribution is 7.85. The monoisotopic (exact) mass is 334 g/mol. The summed E-state index contributed by atoms with van der Waals surface area (Å²) in [7, 11) is -1.08. The van der Waals surface area contributed by atoms with Crippen LogP contribution in [-0.2, 0) is 19.0 Å². The van der Waals surface area contributed by atoms with E-state index in [0.29, 0.717) is 6.61 Å². The predicted molar refractivity (Wildman–Crippen MR) is 89.3 cm³/mol. The molecule has 22 heavy (non-hydrogen) atoms. The molecule has 0 heterocycles. The maximum atomic E-state index is 10.8. The van der Waals surface area contributed by atoms with Crippen LogP contribution in [-0.4, -0.2) is 59.0 Å². The van der Waals surface area contributed by atoms with Gasteiger partial charge < -0.3 is 9.64 Å². The van der Waals surface area contributed by atoms with Crippen molar-refractivity contribution in [2.45, 2.75) is 57.4 Å². The molecule has 1 aliphatic carbocycles. The van der Waals surface area contributed by atoms with Gasteiger partial charge in [0.2, 0.25) is 0 Å². The van der Waals surface area contributed by atoms with Crippen molar-refractivity contribution in [2.24, 2.45) is 0 Å². The van der Waals surface area contributed by atoms with Gasteiger partial charge in [-0.05, 0) is 52.0 Å². The molecule has 0 aromatic heterocycles. The Kier molecular flexibility index (Phi) is 10.3. The van der Waals surface area contributed by atoms with E-state index in [9.17, 15) is 8.42 Å². The topological polar surface area (TPSA) is 55.8 Å². The second-order valence-corrected chi connectivity index (χ2v) is 7.77. The summed E-state index contributed by atoms with van der Waals surface area (Å²) in [5.41, 5.74) is 0. The van der Waals surface area contributed by atoms with Gasteiger partial charge in [0.15, 0.2) is 0 Å². The molecule has 5 nitrogen and oxygen atoms in total. The summed E-state index contributed by atoms with van der Waals surface area (Å²) in [5, 5.41) is 0. The standard InChI is InChI=1S/C16H32NO4S/c1-17(16-10-6-5-7-11-16)12-15-20-13-8-3-4-9-14-21-22(2,18)19/h5,16H,3-4,6-15H2,1-2H3. The first-order chi connectivity index (χ1) is 10.5.